The summed E-state index contributed by atoms with van der Waals surface area (Å²) in [6, 6.07) is 18.4. The van der Waals surface area contributed by atoms with Gasteiger partial charge in [0.05, 0.1) is 10.0 Å². The number of rotatable bonds is 4. The molecule has 164 valence electrons. The summed E-state index contributed by atoms with van der Waals surface area (Å²) in [5.74, 6) is 1.10. The molecule has 5 rings (SSSR count). The van der Waals surface area contributed by atoms with Gasteiger partial charge < -0.3 is 4.42 Å². The van der Waals surface area contributed by atoms with Crippen LogP contribution in [0.3, 0.4) is 0 Å². The first-order valence-corrected chi connectivity index (χ1v) is 11.6. The summed E-state index contributed by atoms with van der Waals surface area (Å²) in [6.07, 6.45) is 2.07. The number of aromatic nitrogens is 2. The Morgan fingerprint density at radius 3 is 2.58 bits per heavy atom. The predicted octanol–water partition coefficient (Wildman–Crippen LogP) is 5.13. The second-order valence-corrected chi connectivity index (χ2v) is 9.33. The fraction of sp³-hybridized carbons (Fsp3) is 0.0800. The van der Waals surface area contributed by atoms with Crippen LogP contribution in [0.15, 0.2) is 74.7 Å². The van der Waals surface area contributed by atoms with Crippen molar-refractivity contribution in [2.45, 2.75) is 13.3 Å². The zero-order chi connectivity index (χ0) is 23.1. The highest BCUT2D eigenvalue weighted by atomic mass is 35.5. The number of halogens is 2. The maximum atomic E-state index is 13.2. The molecule has 0 N–H and O–H groups in total. The lowest BCUT2D eigenvalue weighted by Gasteiger charge is -2.06. The molecule has 0 aliphatic carbocycles. The number of fused-ring (bicyclic) bond motifs is 1. The van der Waals surface area contributed by atoms with Gasteiger partial charge in [-0.3, -0.25) is 14.0 Å². The fourth-order valence-electron chi connectivity index (χ4n) is 3.66. The Bertz CT molecular complexity index is 1670. The predicted molar refractivity (Wildman–Crippen MR) is 133 cm³/mol. The second kappa shape index (κ2) is 8.63. The number of thiazole rings is 1. The molecule has 5 nitrogen and oxygen atoms in total. The van der Waals surface area contributed by atoms with Crippen LogP contribution in [0.4, 0.5) is 0 Å². The molecule has 8 heteroatoms. The molecule has 0 fully saturated rings. The van der Waals surface area contributed by atoms with Crippen LogP contribution in [0.2, 0.25) is 10.0 Å². The van der Waals surface area contributed by atoms with Crippen molar-refractivity contribution in [2.24, 2.45) is 0 Å². The van der Waals surface area contributed by atoms with Gasteiger partial charge >= 0.3 is 0 Å². The summed E-state index contributed by atoms with van der Waals surface area (Å²) in [7, 11) is 0. The second-order valence-electron chi connectivity index (χ2n) is 7.51. The highest BCUT2D eigenvalue weighted by Gasteiger charge is 2.15. The Morgan fingerprint density at radius 2 is 1.82 bits per heavy atom. The van der Waals surface area contributed by atoms with Crippen molar-refractivity contribution < 1.29 is 4.42 Å². The first-order valence-electron chi connectivity index (χ1n) is 10.1. The highest BCUT2D eigenvalue weighted by Crippen LogP contribution is 2.29. The Balaban J connectivity index is 1.57. The van der Waals surface area contributed by atoms with Crippen LogP contribution in [0.25, 0.3) is 22.4 Å². The van der Waals surface area contributed by atoms with E-state index in [1.165, 1.54) is 4.40 Å². The lowest BCUT2D eigenvalue weighted by atomic mass is 10.1. The van der Waals surface area contributed by atoms with E-state index >= 15 is 0 Å². The van der Waals surface area contributed by atoms with Crippen molar-refractivity contribution in [1.82, 2.24) is 9.38 Å². The van der Waals surface area contributed by atoms with Crippen LogP contribution in [0.1, 0.15) is 22.6 Å². The van der Waals surface area contributed by atoms with Gasteiger partial charge in [-0.15, -0.1) is 0 Å². The fourth-order valence-corrected chi connectivity index (χ4v) is 4.94. The van der Waals surface area contributed by atoms with E-state index in [0.29, 0.717) is 48.7 Å². The molecule has 5 aromatic rings. The smallest absolute Gasteiger partial charge is 0.277 e. The summed E-state index contributed by atoms with van der Waals surface area (Å²) in [6.45, 7) is 1.78. The standard InChI is InChI=1S/C25H16Cl2N2O3S/c1-14-18(11-15-5-3-2-4-6-15)23(30)28-25-29(14)24(31)22(33-25)13-17-8-10-21(32-17)16-7-9-19(26)20(27)12-16/h2-10,12-13H,11H2,1H3/b22-13-. The van der Waals surface area contributed by atoms with E-state index in [-0.39, 0.29) is 11.1 Å². The van der Waals surface area contributed by atoms with E-state index in [4.69, 9.17) is 27.6 Å². The molecule has 33 heavy (non-hydrogen) atoms. The molecule has 0 saturated carbocycles. The summed E-state index contributed by atoms with van der Waals surface area (Å²) in [4.78, 5) is 30.4. The number of benzene rings is 2. The third-order valence-electron chi connectivity index (χ3n) is 5.36. The molecular weight excluding hydrogens is 479 g/mol. The first kappa shape index (κ1) is 21.6. The molecule has 0 amide bonds. The minimum absolute atomic E-state index is 0.234. The van der Waals surface area contributed by atoms with Crippen molar-refractivity contribution in [1.29, 1.82) is 0 Å². The van der Waals surface area contributed by atoms with Crippen LogP contribution in [-0.2, 0) is 6.42 Å². The molecule has 0 spiro atoms. The van der Waals surface area contributed by atoms with Crippen molar-refractivity contribution in [3.05, 3.63) is 119 Å². The average Bonchev–Trinajstić information content (AvgIpc) is 3.39. The number of hydrogen-bond acceptors (Lipinski definition) is 5. The lowest BCUT2D eigenvalue weighted by Crippen LogP contribution is -2.27. The third-order valence-corrected chi connectivity index (χ3v) is 7.07. The SMILES string of the molecule is Cc1c(Cc2ccccc2)c(=O)nc2s/c(=C\c3ccc(-c4ccc(Cl)c(Cl)c4)o3)c(=O)n12. The van der Waals surface area contributed by atoms with Crippen molar-refractivity contribution >= 4 is 45.6 Å². The maximum Gasteiger partial charge on any atom is 0.277 e. The maximum absolute atomic E-state index is 13.2. The van der Waals surface area contributed by atoms with E-state index in [1.807, 2.05) is 36.4 Å². The Morgan fingerprint density at radius 1 is 1.03 bits per heavy atom. The van der Waals surface area contributed by atoms with Gasteiger partial charge in [0.2, 0.25) is 4.96 Å². The molecule has 3 aromatic heterocycles. The van der Waals surface area contributed by atoms with Gasteiger partial charge in [-0.05, 0) is 42.8 Å². The van der Waals surface area contributed by atoms with Gasteiger partial charge in [0, 0.05) is 29.3 Å². The molecular formula is C25H16Cl2N2O3S. The molecule has 0 saturated heterocycles. The van der Waals surface area contributed by atoms with Crippen molar-refractivity contribution in [3.8, 4) is 11.3 Å². The van der Waals surface area contributed by atoms with Crippen LogP contribution >= 0.6 is 34.5 Å². The topological polar surface area (TPSA) is 64.6 Å². The molecule has 0 unspecified atom stereocenters. The zero-order valence-electron chi connectivity index (χ0n) is 17.3. The van der Waals surface area contributed by atoms with E-state index in [2.05, 4.69) is 4.98 Å². The van der Waals surface area contributed by atoms with Gasteiger partial charge in [-0.2, -0.15) is 4.98 Å². The zero-order valence-corrected chi connectivity index (χ0v) is 19.7. The van der Waals surface area contributed by atoms with E-state index in [0.717, 1.165) is 22.5 Å². The normalized spacial score (nSPS) is 12.0. The third kappa shape index (κ3) is 4.13. The molecule has 0 atom stereocenters. The minimum atomic E-state index is -0.316. The molecule has 2 aromatic carbocycles. The van der Waals surface area contributed by atoms with Gasteiger partial charge in [0.15, 0.2) is 0 Å². The molecule has 0 bridgehead atoms. The average molecular weight is 495 g/mol. The van der Waals surface area contributed by atoms with Crippen LogP contribution in [-0.4, -0.2) is 9.38 Å². The minimum Gasteiger partial charge on any atom is -0.457 e. The van der Waals surface area contributed by atoms with Crippen LogP contribution < -0.4 is 15.7 Å². The monoisotopic (exact) mass is 494 g/mol. The summed E-state index contributed by atoms with van der Waals surface area (Å²) < 4.78 is 7.82. The number of furan rings is 1. The quantitative estimate of drug-likeness (QED) is 0.347. The van der Waals surface area contributed by atoms with Gasteiger partial charge in [0.25, 0.3) is 11.1 Å². The van der Waals surface area contributed by atoms with Crippen LogP contribution in [0, 0.1) is 6.92 Å². The molecule has 3 heterocycles. The number of nitrogens with zero attached hydrogens (tertiary/aromatic N) is 2. The van der Waals surface area contributed by atoms with E-state index in [9.17, 15) is 9.59 Å². The first-order chi connectivity index (χ1) is 15.9. The summed E-state index contributed by atoms with van der Waals surface area (Å²) in [5.41, 5.74) is 2.33. The van der Waals surface area contributed by atoms with Crippen LogP contribution in [0.5, 0.6) is 0 Å². The number of aryl methyl sites for hydroxylation is 1. The van der Waals surface area contributed by atoms with Crippen molar-refractivity contribution in [3.63, 3.8) is 0 Å². The largest absolute Gasteiger partial charge is 0.457 e. The van der Waals surface area contributed by atoms with Crippen molar-refractivity contribution in [2.75, 3.05) is 0 Å². The van der Waals surface area contributed by atoms with Gasteiger partial charge in [0.1, 0.15) is 16.1 Å². The van der Waals surface area contributed by atoms with E-state index < -0.39 is 0 Å². The summed E-state index contributed by atoms with van der Waals surface area (Å²) in [5, 5.41) is 0.893. The Hall–Kier alpha value is -3.19. The summed E-state index contributed by atoms with van der Waals surface area (Å²) >= 11 is 13.2. The highest BCUT2D eigenvalue weighted by molar-refractivity contribution is 7.15. The molecule has 0 aliphatic rings. The van der Waals surface area contributed by atoms with E-state index in [1.54, 1.807) is 37.3 Å². The van der Waals surface area contributed by atoms with Gasteiger partial charge in [-0.25, -0.2) is 0 Å². The molecule has 0 aliphatic heterocycles. The Kier molecular flexibility index (Phi) is 5.66. The van der Waals surface area contributed by atoms with Gasteiger partial charge in [-0.1, -0.05) is 64.9 Å². The lowest BCUT2D eigenvalue weighted by molar-refractivity contribution is 0.571. The number of hydrogen-bond donors (Lipinski definition) is 0. The Labute approximate surface area is 202 Å². The molecule has 0 radical (unpaired) electrons.